The number of rotatable bonds is 6. The lowest BCUT2D eigenvalue weighted by molar-refractivity contribution is 0.144. The van der Waals surface area contributed by atoms with E-state index in [1.54, 1.807) is 11.3 Å². The fourth-order valence-electron chi connectivity index (χ4n) is 2.66. The molecule has 3 rings (SSSR count). The van der Waals surface area contributed by atoms with E-state index in [1.807, 2.05) is 6.92 Å². The Morgan fingerprint density at radius 2 is 2.14 bits per heavy atom. The second-order valence-corrected chi connectivity index (χ2v) is 6.74. The number of hydrogen-bond donors (Lipinski definition) is 3. The minimum atomic E-state index is -0.195. The number of fused-ring (bicyclic) bond motifs is 1. The number of thiophene rings is 1. The van der Waals surface area contributed by atoms with Crippen LogP contribution in [0.3, 0.4) is 0 Å². The third-order valence-electron chi connectivity index (χ3n) is 4.12. The van der Waals surface area contributed by atoms with Crippen molar-refractivity contribution in [2.75, 3.05) is 23.8 Å². The van der Waals surface area contributed by atoms with Crippen LogP contribution >= 0.6 is 11.3 Å². The van der Waals surface area contributed by atoms with Crippen LogP contribution in [0.5, 0.6) is 0 Å². The minimum Gasteiger partial charge on any atom is -0.394 e. The molecule has 114 valence electrons. The smallest absolute Gasteiger partial charge is 0.226 e. The molecule has 2 aromatic heterocycles. The maximum atomic E-state index is 9.68. The Kier molecular flexibility index (Phi) is 3.99. The monoisotopic (exact) mass is 306 g/mol. The van der Waals surface area contributed by atoms with Gasteiger partial charge in [-0.15, -0.1) is 11.3 Å². The number of aliphatic hydroxyl groups is 1. The average Bonchev–Trinajstić information content (AvgIpc) is 2.86. The largest absolute Gasteiger partial charge is 0.394 e. The molecule has 0 saturated heterocycles. The van der Waals surface area contributed by atoms with Crippen molar-refractivity contribution < 1.29 is 5.11 Å². The maximum Gasteiger partial charge on any atom is 0.226 e. The van der Waals surface area contributed by atoms with Gasteiger partial charge in [0.1, 0.15) is 10.6 Å². The number of nitrogens with zero attached hydrogens (tertiary/aromatic N) is 2. The lowest BCUT2D eigenvalue weighted by atomic mass is 9.77. The Labute approximate surface area is 128 Å². The van der Waals surface area contributed by atoms with Crippen LogP contribution in [0, 0.1) is 0 Å². The predicted octanol–water partition coefficient (Wildman–Crippen LogP) is 3.01. The second-order valence-electron chi connectivity index (χ2n) is 5.63. The summed E-state index contributed by atoms with van der Waals surface area (Å²) < 4.78 is 0. The molecule has 1 saturated carbocycles. The van der Waals surface area contributed by atoms with Gasteiger partial charge in [0, 0.05) is 11.4 Å². The standard InChI is InChI=1S/C15H22N4OS/c1-3-10-8-11-12(19-15(9-20)6-5-7-15)17-14(16-4-2)18-13(11)21-10/h8,20H,3-7,9H2,1-2H3,(H2,16,17,18,19). The first kappa shape index (κ1) is 14.5. The normalized spacial score (nSPS) is 16.7. The van der Waals surface area contributed by atoms with E-state index in [-0.39, 0.29) is 12.1 Å². The highest BCUT2D eigenvalue weighted by atomic mass is 32.1. The third kappa shape index (κ3) is 2.70. The lowest BCUT2D eigenvalue weighted by Gasteiger charge is -2.41. The summed E-state index contributed by atoms with van der Waals surface area (Å²) in [5, 5.41) is 17.4. The quantitative estimate of drug-likeness (QED) is 0.765. The van der Waals surface area contributed by atoms with E-state index >= 15 is 0 Å². The molecule has 0 unspecified atom stereocenters. The van der Waals surface area contributed by atoms with Crippen LogP contribution in [0.25, 0.3) is 10.2 Å². The van der Waals surface area contributed by atoms with Crippen LogP contribution in [0.2, 0.25) is 0 Å². The van der Waals surface area contributed by atoms with Crippen LogP contribution in [0.4, 0.5) is 11.8 Å². The molecule has 1 aliphatic rings. The van der Waals surface area contributed by atoms with Crippen molar-refractivity contribution in [2.24, 2.45) is 0 Å². The molecule has 2 aromatic rings. The Hall–Kier alpha value is -1.40. The highest BCUT2D eigenvalue weighted by Crippen LogP contribution is 2.38. The molecule has 0 spiro atoms. The molecule has 5 nitrogen and oxygen atoms in total. The van der Waals surface area contributed by atoms with Crippen molar-refractivity contribution in [3.8, 4) is 0 Å². The zero-order valence-corrected chi connectivity index (χ0v) is 13.4. The van der Waals surface area contributed by atoms with Gasteiger partial charge >= 0.3 is 0 Å². The first-order valence-corrected chi connectivity index (χ1v) is 8.44. The highest BCUT2D eigenvalue weighted by Gasteiger charge is 2.37. The number of anilines is 2. The van der Waals surface area contributed by atoms with Gasteiger partial charge in [-0.25, -0.2) is 4.98 Å². The minimum absolute atomic E-state index is 0.153. The number of aliphatic hydroxyl groups excluding tert-OH is 1. The first-order chi connectivity index (χ1) is 10.2. The van der Waals surface area contributed by atoms with Crippen molar-refractivity contribution in [1.29, 1.82) is 0 Å². The Bertz CT molecular complexity index is 630. The molecule has 0 amide bonds. The molecule has 0 aromatic carbocycles. The zero-order valence-electron chi connectivity index (χ0n) is 12.6. The molecular formula is C15H22N4OS. The van der Waals surface area contributed by atoms with Gasteiger partial charge in [0.2, 0.25) is 5.95 Å². The van der Waals surface area contributed by atoms with Gasteiger partial charge in [0.15, 0.2) is 0 Å². The van der Waals surface area contributed by atoms with Crippen LogP contribution in [0.15, 0.2) is 6.07 Å². The van der Waals surface area contributed by atoms with Crippen molar-refractivity contribution in [1.82, 2.24) is 9.97 Å². The summed E-state index contributed by atoms with van der Waals surface area (Å²) in [6, 6.07) is 2.17. The summed E-state index contributed by atoms with van der Waals surface area (Å²) in [5.74, 6) is 1.50. The summed E-state index contributed by atoms with van der Waals surface area (Å²) in [4.78, 5) is 11.5. The van der Waals surface area contributed by atoms with E-state index in [9.17, 15) is 5.11 Å². The second kappa shape index (κ2) is 5.77. The van der Waals surface area contributed by atoms with Gasteiger partial charge in [0.05, 0.1) is 17.5 Å². The van der Waals surface area contributed by atoms with Gasteiger partial charge in [-0.2, -0.15) is 4.98 Å². The van der Waals surface area contributed by atoms with Crippen molar-refractivity contribution in [2.45, 2.75) is 45.1 Å². The predicted molar refractivity (Wildman–Crippen MR) is 88.2 cm³/mol. The summed E-state index contributed by atoms with van der Waals surface area (Å²) in [5.41, 5.74) is -0.195. The van der Waals surface area contributed by atoms with Gasteiger partial charge < -0.3 is 15.7 Å². The highest BCUT2D eigenvalue weighted by molar-refractivity contribution is 7.18. The summed E-state index contributed by atoms with van der Waals surface area (Å²) in [6.45, 7) is 5.13. The van der Waals surface area contributed by atoms with Crippen molar-refractivity contribution >= 4 is 33.3 Å². The number of aromatic nitrogens is 2. The molecule has 21 heavy (non-hydrogen) atoms. The first-order valence-electron chi connectivity index (χ1n) is 7.63. The van der Waals surface area contributed by atoms with Crippen molar-refractivity contribution in [3.05, 3.63) is 10.9 Å². The van der Waals surface area contributed by atoms with Crippen LogP contribution in [-0.4, -0.2) is 33.8 Å². The van der Waals surface area contributed by atoms with E-state index < -0.39 is 0 Å². The Morgan fingerprint density at radius 1 is 1.33 bits per heavy atom. The zero-order chi connectivity index (χ0) is 14.9. The van der Waals surface area contributed by atoms with E-state index in [0.29, 0.717) is 5.95 Å². The average molecular weight is 306 g/mol. The number of aryl methyl sites for hydroxylation is 1. The third-order valence-corrected chi connectivity index (χ3v) is 5.30. The molecule has 2 heterocycles. The molecule has 1 fully saturated rings. The van der Waals surface area contributed by atoms with Gasteiger partial charge in [-0.05, 0) is 38.7 Å². The SMILES string of the molecule is CCNc1nc(NC2(CO)CCC2)c2cc(CC)sc2n1. The fourth-order valence-corrected chi connectivity index (χ4v) is 3.62. The molecule has 1 aliphatic carbocycles. The van der Waals surface area contributed by atoms with E-state index in [0.717, 1.165) is 48.3 Å². The fraction of sp³-hybridized carbons (Fsp3) is 0.600. The molecule has 0 radical (unpaired) electrons. The molecule has 3 N–H and O–H groups in total. The number of hydrogen-bond acceptors (Lipinski definition) is 6. The summed E-state index contributed by atoms with van der Waals surface area (Å²) in [6.07, 6.45) is 4.15. The lowest BCUT2D eigenvalue weighted by Crippen LogP contribution is -2.48. The van der Waals surface area contributed by atoms with E-state index in [2.05, 4.69) is 33.6 Å². The van der Waals surface area contributed by atoms with E-state index in [1.165, 1.54) is 4.88 Å². The summed E-state index contributed by atoms with van der Waals surface area (Å²) >= 11 is 1.72. The van der Waals surface area contributed by atoms with Crippen LogP contribution in [0.1, 0.15) is 38.0 Å². The summed E-state index contributed by atoms with van der Waals surface area (Å²) in [7, 11) is 0. The van der Waals surface area contributed by atoms with Crippen molar-refractivity contribution in [3.63, 3.8) is 0 Å². The van der Waals surface area contributed by atoms with Gasteiger partial charge in [0.25, 0.3) is 0 Å². The molecule has 6 heteroatoms. The Balaban J connectivity index is 2.03. The molecular weight excluding hydrogens is 284 g/mol. The van der Waals surface area contributed by atoms with Gasteiger partial charge in [-0.1, -0.05) is 6.92 Å². The maximum absolute atomic E-state index is 9.68. The molecule has 0 bridgehead atoms. The van der Waals surface area contributed by atoms with E-state index in [4.69, 9.17) is 0 Å². The van der Waals surface area contributed by atoms with Crippen LogP contribution in [-0.2, 0) is 6.42 Å². The van der Waals surface area contributed by atoms with Crippen LogP contribution < -0.4 is 10.6 Å². The van der Waals surface area contributed by atoms with Gasteiger partial charge in [-0.3, -0.25) is 0 Å². The molecule has 0 atom stereocenters. The Morgan fingerprint density at radius 3 is 2.71 bits per heavy atom. The molecule has 0 aliphatic heterocycles. The topological polar surface area (TPSA) is 70.1 Å². The number of nitrogens with one attached hydrogen (secondary N) is 2.